The molecule has 0 radical (unpaired) electrons. The molecule has 2 heterocycles. The van der Waals surface area contributed by atoms with Gasteiger partial charge in [0, 0.05) is 11.6 Å². The van der Waals surface area contributed by atoms with Gasteiger partial charge in [0.25, 0.3) is 0 Å². The van der Waals surface area contributed by atoms with Gasteiger partial charge in [-0.05, 0) is 89.9 Å². The van der Waals surface area contributed by atoms with Crippen molar-refractivity contribution in [3.8, 4) is 0 Å². The number of alkyl halides is 2. The zero-order valence-corrected chi connectivity index (χ0v) is 17.6. The van der Waals surface area contributed by atoms with Crippen LogP contribution in [0.5, 0.6) is 0 Å². The van der Waals surface area contributed by atoms with E-state index < -0.39 is 0 Å². The molecule has 6 rings (SSSR count). The van der Waals surface area contributed by atoms with E-state index in [4.69, 9.17) is 4.98 Å². The van der Waals surface area contributed by atoms with Crippen molar-refractivity contribution in [1.29, 1.82) is 0 Å². The first-order valence-corrected chi connectivity index (χ1v) is 11.1. The van der Waals surface area contributed by atoms with Gasteiger partial charge in [0.05, 0.1) is 9.43 Å². The fraction of sp³-hybridized carbons (Fsp3) is 0.611. The Labute approximate surface area is 161 Å². The molecule has 4 bridgehead atoms. The molecular weight excluding hydrogens is 484 g/mol. The lowest BCUT2D eigenvalue weighted by molar-refractivity contribution is -0.00733. The van der Waals surface area contributed by atoms with E-state index in [9.17, 15) is 0 Å². The van der Waals surface area contributed by atoms with Crippen LogP contribution in [0.3, 0.4) is 0 Å². The molecular formula is C18H19Br3N2. The maximum Gasteiger partial charge on any atom is 0.138 e. The molecule has 0 spiro atoms. The van der Waals surface area contributed by atoms with Crippen LogP contribution in [0.2, 0.25) is 0 Å². The lowest BCUT2D eigenvalue weighted by atomic mass is 9.49. The van der Waals surface area contributed by atoms with Gasteiger partial charge in [-0.25, -0.2) is 4.98 Å². The standard InChI is InChI=1S/C18H19Br3N2/c19-16(20)13-1-2-23-14(6-13)22-15(17(23)21)18-7-10-3-11(8-18)5-12(4-10)9-18/h1-2,6,10-12,16H,3-5,7-9H2. The first-order chi connectivity index (χ1) is 11.0. The Morgan fingerprint density at radius 3 is 2.26 bits per heavy atom. The van der Waals surface area contributed by atoms with Gasteiger partial charge in [0.1, 0.15) is 10.3 Å². The summed E-state index contributed by atoms with van der Waals surface area (Å²) in [5.74, 6) is 2.84. The van der Waals surface area contributed by atoms with Crippen molar-refractivity contribution in [3.05, 3.63) is 34.2 Å². The summed E-state index contributed by atoms with van der Waals surface area (Å²) in [5.41, 5.74) is 3.94. The second-order valence-electron chi connectivity index (χ2n) is 7.94. The van der Waals surface area contributed by atoms with Gasteiger partial charge >= 0.3 is 0 Å². The van der Waals surface area contributed by atoms with Crippen LogP contribution in [0.15, 0.2) is 22.9 Å². The molecule has 0 amide bonds. The van der Waals surface area contributed by atoms with E-state index in [1.165, 1.54) is 54.4 Å². The van der Waals surface area contributed by atoms with Crippen LogP contribution in [0, 0.1) is 17.8 Å². The van der Waals surface area contributed by atoms with Crippen LogP contribution in [-0.4, -0.2) is 9.38 Å². The predicted molar refractivity (Wildman–Crippen MR) is 103 cm³/mol. The van der Waals surface area contributed by atoms with Crippen LogP contribution < -0.4 is 0 Å². The Morgan fingerprint density at radius 2 is 1.70 bits per heavy atom. The lowest BCUT2D eigenvalue weighted by Gasteiger charge is -2.56. The number of rotatable bonds is 2. The number of halogens is 3. The van der Waals surface area contributed by atoms with Gasteiger partial charge < -0.3 is 0 Å². The summed E-state index contributed by atoms with van der Waals surface area (Å²) >= 11 is 11.1. The van der Waals surface area contributed by atoms with Gasteiger partial charge in [-0.1, -0.05) is 31.9 Å². The third kappa shape index (κ3) is 2.32. The van der Waals surface area contributed by atoms with E-state index in [2.05, 4.69) is 70.5 Å². The Bertz CT molecular complexity index is 745. The van der Waals surface area contributed by atoms with E-state index in [-0.39, 0.29) is 3.74 Å². The van der Waals surface area contributed by atoms with Gasteiger partial charge in [-0.15, -0.1) is 0 Å². The number of fused-ring (bicyclic) bond motifs is 1. The second kappa shape index (κ2) is 5.31. The van der Waals surface area contributed by atoms with E-state index in [1.54, 1.807) is 0 Å². The molecule has 5 heteroatoms. The highest BCUT2D eigenvalue weighted by Crippen LogP contribution is 2.61. The van der Waals surface area contributed by atoms with Crippen molar-refractivity contribution >= 4 is 53.4 Å². The second-order valence-corrected chi connectivity index (χ2v) is 11.7. The normalized spacial score (nSPS) is 35.6. The van der Waals surface area contributed by atoms with Crippen molar-refractivity contribution in [1.82, 2.24) is 9.38 Å². The lowest BCUT2D eigenvalue weighted by Crippen LogP contribution is -2.48. The molecule has 4 aliphatic rings. The fourth-order valence-corrected chi connectivity index (χ4v) is 7.28. The summed E-state index contributed by atoms with van der Waals surface area (Å²) in [7, 11) is 0. The average Bonchev–Trinajstić information content (AvgIpc) is 2.83. The Balaban J connectivity index is 1.64. The number of aromatic nitrogens is 2. The summed E-state index contributed by atoms with van der Waals surface area (Å²) in [6.45, 7) is 0. The highest BCUT2D eigenvalue weighted by Gasteiger charge is 2.53. The minimum Gasteiger partial charge on any atom is -0.294 e. The first-order valence-electron chi connectivity index (χ1n) is 8.50. The van der Waals surface area contributed by atoms with Gasteiger partial charge in [0.15, 0.2) is 0 Å². The van der Waals surface area contributed by atoms with Crippen molar-refractivity contribution in [3.63, 3.8) is 0 Å². The molecule has 0 unspecified atom stereocenters. The predicted octanol–water partition coefficient (Wildman–Crippen LogP) is 6.35. The molecule has 4 saturated carbocycles. The first kappa shape index (κ1) is 15.4. The molecule has 122 valence electrons. The topological polar surface area (TPSA) is 17.3 Å². The summed E-state index contributed by atoms with van der Waals surface area (Å²) in [5, 5.41) is 0. The summed E-state index contributed by atoms with van der Waals surface area (Å²) in [6, 6.07) is 4.33. The molecule has 0 atom stereocenters. The molecule has 0 aromatic carbocycles. The highest BCUT2D eigenvalue weighted by atomic mass is 79.9. The van der Waals surface area contributed by atoms with Crippen LogP contribution in [0.4, 0.5) is 0 Å². The van der Waals surface area contributed by atoms with Crippen molar-refractivity contribution in [2.45, 2.75) is 47.7 Å². The number of hydrogen-bond acceptors (Lipinski definition) is 1. The molecule has 2 aromatic rings. The largest absolute Gasteiger partial charge is 0.294 e. The van der Waals surface area contributed by atoms with Gasteiger partial charge in [-0.3, -0.25) is 4.40 Å². The van der Waals surface area contributed by atoms with E-state index in [0.29, 0.717) is 5.41 Å². The zero-order chi connectivity index (χ0) is 15.8. The summed E-state index contributed by atoms with van der Waals surface area (Å²) in [4.78, 5) is 5.12. The van der Waals surface area contributed by atoms with Gasteiger partial charge in [-0.2, -0.15) is 0 Å². The highest BCUT2D eigenvalue weighted by molar-refractivity contribution is 9.24. The van der Waals surface area contributed by atoms with Crippen LogP contribution in [-0.2, 0) is 5.41 Å². The monoisotopic (exact) mass is 500 g/mol. The number of hydrogen-bond donors (Lipinski definition) is 0. The third-order valence-electron chi connectivity index (χ3n) is 6.38. The average molecular weight is 503 g/mol. The third-order valence-corrected chi connectivity index (χ3v) is 8.20. The smallest absolute Gasteiger partial charge is 0.138 e. The van der Waals surface area contributed by atoms with E-state index in [1.807, 2.05) is 0 Å². The van der Waals surface area contributed by atoms with E-state index >= 15 is 0 Å². The summed E-state index contributed by atoms with van der Waals surface area (Å²) < 4.78 is 3.57. The minimum atomic E-state index is 0.179. The van der Waals surface area contributed by atoms with Crippen molar-refractivity contribution < 1.29 is 0 Å². The van der Waals surface area contributed by atoms with Crippen molar-refractivity contribution in [2.24, 2.45) is 17.8 Å². The van der Waals surface area contributed by atoms with E-state index in [0.717, 1.165) is 23.4 Å². The molecule has 4 fully saturated rings. The molecule has 0 aliphatic heterocycles. The zero-order valence-electron chi connectivity index (χ0n) is 12.8. The molecule has 0 saturated heterocycles. The Kier molecular flexibility index (Phi) is 3.55. The number of imidazole rings is 1. The molecule has 4 aliphatic carbocycles. The molecule has 2 aromatic heterocycles. The van der Waals surface area contributed by atoms with Gasteiger partial charge in [0.2, 0.25) is 0 Å². The Morgan fingerprint density at radius 1 is 1.09 bits per heavy atom. The van der Waals surface area contributed by atoms with Crippen molar-refractivity contribution in [2.75, 3.05) is 0 Å². The Hall–Kier alpha value is 0.130. The molecule has 23 heavy (non-hydrogen) atoms. The molecule has 2 nitrogen and oxygen atoms in total. The number of pyridine rings is 1. The van der Waals surface area contributed by atoms with Crippen LogP contribution in [0.1, 0.15) is 53.5 Å². The summed E-state index contributed by atoms with van der Waals surface area (Å²) in [6.07, 6.45) is 10.6. The fourth-order valence-electron chi connectivity index (χ4n) is 5.90. The quantitative estimate of drug-likeness (QED) is 0.437. The maximum atomic E-state index is 5.12. The number of nitrogens with zero attached hydrogens (tertiary/aromatic N) is 2. The SMILES string of the molecule is Brc1c(C23CC4CC(CC(C4)C2)C3)nc2cc(C(Br)Br)ccn12. The minimum absolute atomic E-state index is 0.179. The van der Waals surface area contributed by atoms with Crippen LogP contribution >= 0.6 is 47.8 Å². The maximum absolute atomic E-state index is 5.12. The van der Waals surface area contributed by atoms with Crippen LogP contribution in [0.25, 0.3) is 5.65 Å². The molecule has 0 N–H and O–H groups in total.